The summed E-state index contributed by atoms with van der Waals surface area (Å²) in [5.74, 6) is 0.242. The van der Waals surface area contributed by atoms with E-state index in [-0.39, 0.29) is 11.2 Å². The van der Waals surface area contributed by atoms with Crippen LogP contribution in [0.15, 0.2) is 35.2 Å². The van der Waals surface area contributed by atoms with E-state index in [1.807, 2.05) is 36.6 Å². The lowest BCUT2D eigenvalue weighted by molar-refractivity contribution is -0.116. The van der Waals surface area contributed by atoms with Crippen LogP contribution in [0.25, 0.3) is 6.08 Å². The molecule has 5 nitrogen and oxygen atoms in total. The Balaban J connectivity index is 1.40. The van der Waals surface area contributed by atoms with Crippen LogP contribution in [0.2, 0.25) is 0 Å². The fraction of sp³-hybridized carbons (Fsp3) is 0.526. The molecule has 1 aliphatic heterocycles. The maximum absolute atomic E-state index is 12.2. The summed E-state index contributed by atoms with van der Waals surface area (Å²) in [4.78, 5) is 13.2. The maximum atomic E-state index is 12.2. The number of hydrogen-bond acceptors (Lipinski definition) is 4. The van der Waals surface area contributed by atoms with Crippen molar-refractivity contribution in [1.82, 2.24) is 9.62 Å². The Morgan fingerprint density at radius 1 is 1.19 bits per heavy atom. The van der Waals surface area contributed by atoms with Crippen LogP contribution in [-0.2, 0) is 14.8 Å². The number of thioether (sulfide) groups is 1. The highest BCUT2D eigenvalue weighted by Crippen LogP contribution is 2.33. The van der Waals surface area contributed by atoms with E-state index in [4.69, 9.17) is 0 Å². The van der Waals surface area contributed by atoms with Gasteiger partial charge < -0.3 is 5.32 Å². The second-order valence-corrected chi connectivity index (χ2v) is 10.0. The van der Waals surface area contributed by atoms with Gasteiger partial charge in [0.2, 0.25) is 15.9 Å². The minimum absolute atomic E-state index is 0.105. The Labute approximate surface area is 160 Å². The van der Waals surface area contributed by atoms with Crippen LogP contribution in [0.3, 0.4) is 0 Å². The first-order valence-electron chi connectivity index (χ1n) is 9.08. The number of hydrogen-bond donors (Lipinski definition) is 1. The summed E-state index contributed by atoms with van der Waals surface area (Å²) in [7, 11) is -3.05. The molecule has 1 saturated carbocycles. The molecular weight excluding hydrogens is 368 g/mol. The third-order valence-electron chi connectivity index (χ3n) is 4.99. The maximum Gasteiger partial charge on any atom is 0.244 e. The van der Waals surface area contributed by atoms with Crippen molar-refractivity contribution in [3.05, 3.63) is 35.9 Å². The lowest BCUT2D eigenvalue weighted by atomic mass is 9.98. The summed E-state index contributed by atoms with van der Waals surface area (Å²) in [5.41, 5.74) is 0.997. The first kappa shape index (κ1) is 19.5. The van der Waals surface area contributed by atoms with Crippen molar-refractivity contribution in [3.63, 3.8) is 0 Å². The Morgan fingerprint density at radius 3 is 2.42 bits per heavy atom. The molecule has 1 amide bonds. The fourth-order valence-electron chi connectivity index (χ4n) is 3.14. The van der Waals surface area contributed by atoms with Gasteiger partial charge in [-0.05, 0) is 61.6 Å². The van der Waals surface area contributed by atoms with Crippen molar-refractivity contribution in [2.24, 2.45) is 5.92 Å². The van der Waals surface area contributed by atoms with E-state index in [1.54, 1.807) is 22.1 Å². The topological polar surface area (TPSA) is 66.5 Å². The fourth-order valence-corrected chi connectivity index (χ4v) is 5.42. The normalized spacial score (nSPS) is 19.7. The van der Waals surface area contributed by atoms with Crippen molar-refractivity contribution in [2.45, 2.75) is 35.8 Å². The summed E-state index contributed by atoms with van der Waals surface area (Å²) in [5, 5.41) is 2.81. The molecule has 2 fully saturated rings. The summed E-state index contributed by atoms with van der Waals surface area (Å²) >= 11 is 1.69. The number of piperidine rings is 1. The third kappa shape index (κ3) is 5.11. The predicted octanol–water partition coefficient (Wildman–Crippen LogP) is 2.74. The van der Waals surface area contributed by atoms with Gasteiger partial charge in [-0.25, -0.2) is 12.7 Å². The van der Waals surface area contributed by atoms with Crippen LogP contribution in [0.5, 0.6) is 0 Å². The molecule has 1 heterocycles. The molecule has 0 radical (unpaired) electrons. The van der Waals surface area contributed by atoms with E-state index in [1.165, 1.54) is 4.90 Å². The van der Waals surface area contributed by atoms with E-state index in [0.29, 0.717) is 25.6 Å². The Hall–Kier alpha value is -1.31. The lowest BCUT2D eigenvalue weighted by Crippen LogP contribution is -2.42. The molecule has 142 valence electrons. The van der Waals surface area contributed by atoms with Gasteiger partial charge in [-0.3, -0.25) is 4.79 Å². The minimum Gasteiger partial charge on any atom is -0.352 e. The number of benzene rings is 1. The number of nitrogens with zero attached hydrogens (tertiary/aromatic N) is 1. The molecule has 2 aliphatic rings. The lowest BCUT2D eigenvalue weighted by Gasteiger charge is -2.31. The van der Waals surface area contributed by atoms with Gasteiger partial charge in [0.25, 0.3) is 0 Å². The molecule has 0 bridgehead atoms. The van der Waals surface area contributed by atoms with E-state index in [0.717, 1.165) is 31.2 Å². The quantitative estimate of drug-likeness (QED) is 0.570. The van der Waals surface area contributed by atoms with Gasteiger partial charge in [-0.15, -0.1) is 11.8 Å². The van der Waals surface area contributed by atoms with Crippen molar-refractivity contribution in [1.29, 1.82) is 0 Å². The third-order valence-corrected chi connectivity index (χ3v) is 8.13. The van der Waals surface area contributed by atoms with E-state index >= 15 is 0 Å². The monoisotopic (exact) mass is 394 g/mol. The van der Waals surface area contributed by atoms with Gasteiger partial charge >= 0.3 is 0 Å². The molecule has 1 aromatic carbocycles. The summed E-state index contributed by atoms with van der Waals surface area (Å²) in [6.45, 7) is 1.76. The molecule has 1 aliphatic carbocycles. The zero-order chi connectivity index (χ0) is 18.6. The average molecular weight is 395 g/mol. The summed E-state index contributed by atoms with van der Waals surface area (Å²) < 4.78 is 26.1. The van der Waals surface area contributed by atoms with Crippen molar-refractivity contribution >= 4 is 33.8 Å². The molecule has 1 saturated heterocycles. The van der Waals surface area contributed by atoms with Crippen LogP contribution in [0.1, 0.15) is 31.2 Å². The van der Waals surface area contributed by atoms with E-state index < -0.39 is 10.0 Å². The van der Waals surface area contributed by atoms with Gasteiger partial charge in [-0.1, -0.05) is 12.1 Å². The second-order valence-electron chi connectivity index (χ2n) is 6.94. The molecule has 0 spiro atoms. The Kier molecular flexibility index (Phi) is 6.42. The highest BCUT2D eigenvalue weighted by atomic mass is 32.2. The van der Waals surface area contributed by atoms with Crippen LogP contribution < -0.4 is 5.32 Å². The second kappa shape index (κ2) is 8.59. The molecule has 0 atom stereocenters. The van der Waals surface area contributed by atoms with Gasteiger partial charge in [0.05, 0.1) is 5.25 Å². The zero-order valence-electron chi connectivity index (χ0n) is 15.1. The van der Waals surface area contributed by atoms with Gasteiger partial charge in [0.15, 0.2) is 0 Å². The van der Waals surface area contributed by atoms with Crippen molar-refractivity contribution in [3.8, 4) is 0 Å². The first-order valence-corrected chi connectivity index (χ1v) is 11.8. The van der Waals surface area contributed by atoms with Gasteiger partial charge in [0.1, 0.15) is 0 Å². The largest absolute Gasteiger partial charge is 0.352 e. The average Bonchev–Trinajstić information content (AvgIpc) is 3.51. The van der Waals surface area contributed by atoms with Crippen molar-refractivity contribution in [2.75, 3.05) is 25.9 Å². The predicted molar refractivity (Wildman–Crippen MR) is 107 cm³/mol. The smallest absolute Gasteiger partial charge is 0.244 e. The standard InChI is InChI=1S/C19H26N2O3S2/c1-25-17-5-2-15(3-6-17)4-9-19(22)20-14-16-10-12-21(13-11-16)26(23,24)18-7-8-18/h2-6,9,16,18H,7-8,10-14H2,1H3,(H,20,22). The minimum atomic E-state index is -3.05. The van der Waals surface area contributed by atoms with E-state index in [2.05, 4.69) is 5.32 Å². The number of sulfonamides is 1. The van der Waals surface area contributed by atoms with E-state index in [9.17, 15) is 13.2 Å². The number of carbonyl (C=O) groups excluding carboxylic acids is 1. The first-order chi connectivity index (χ1) is 12.5. The van der Waals surface area contributed by atoms with Gasteiger partial charge in [-0.2, -0.15) is 0 Å². The molecule has 1 aromatic rings. The van der Waals surface area contributed by atoms with Crippen LogP contribution in [0, 0.1) is 5.92 Å². The number of amides is 1. The SMILES string of the molecule is CSc1ccc(C=CC(=O)NCC2CCN(S(=O)(=O)C3CC3)CC2)cc1. The van der Waals surface area contributed by atoms with Crippen molar-refractivity contribution < 1.29 is 13.2 Å². The number of rotatable bonds is 7. The molecule has 7 heteroatoms. The number of carbonyl (C=O) groups is 1. The summed E-state index contributed by atoms with van der Waals surface area (Å²) in [6, 6.07) is 8.05. The zero-order valence-corrected chi connectivity index (χ0v) is 16.7. The molecule has 26 heavy (non-hydrogen) atoms. The molecular formula is C19H26N2O3S2. The Morgan fingerprint density at radius 2 is 1.85 bits per heavy atom. The highest BCUT2D eigenvalue weighted by molar-refractivity contribution is 7.98. The highest BCUT2D eigenvalue weighted by Gasteiger charge is 2.41. The van der Waals surface area contributed by atoms with Crippen LogP contribution in [0.4, 0.5) is 0 Å². The molecule has 0 aromatic heterocycles. The molecule has 3 rings (SSSR count). The van der Waals surface area contributed by atoms with Gasteiger partial charge in [0, 0.05) is 30.6 Å². The van der Waals surface area contributed by atoms with Crippen LogP contribution >= 0.6 is 11.8 Å². The number of nitrogens with one attached hydrogen (secondary N) is 1. The Bertz CT molecular complexity index is 747. The summed E-state index contributed by atoms with van der Waals surface area (Å²) in [6.07, 6.45) is 8.64. The van der Waals surface area contributed by atoms with Crippen LogP contribution in [-0.4, -0.2) is 49.8 Å². The molecule has 0 unspecified atom stereocenters. The molecule has 1 N–H and O–H groups in total.